The van der Waals surface area contributed by atoms with Crippen molar-refractivity contribution in [3.8, 4) is 11.4 Å². The molecule has 3 heterocycles. The number of non-ortho nitro benzene ring substituents is 1. The van der Waals surface area contributed by atoms with Crippen LogP contribution in [0.2, 0.25) is 0 Å². The molecule has 0 spiro atoms. The van der Waals surface area contributed by atoms with Crippen LogP contribution in [0.25, 0.3) is 11.4 Å². The van der Waals surface area contributed by atoms with Crippen molar-refractivity contribution in [3.05, 3.63) is 75.6 Å². The molecule has 2 aliphatic rings. The molecule has 218 valence electrons. The molecule has 5 rings (SSSR count). The summed E-state index contributed by atoms with van der Waals surface area (Å²) < 4.78 is 37.0. The number of carbonyl (C=O) groups excluding carboxylic acids is 1. The molecule has 12 heteroatoms. The molecule has 0 radical (unpaired) electrons. The number of hydrogen-bond acceptors (Lipinski definition) is 7. The highest BCUT2D eigenvalue weighted by Crippen LogP contribution is 2.39. The standard InChI is InChI=1S/C29H35N5O6S/c1-19(2)20-6-8-21(9-7-20)27-30-24-14-15-31(28(35)40-29(3,4)5)18-25-26(24)32(27)16-17-33(25)41(38,39)23-12-10-22(11-13-23)34(36)37/h6-13,19,25H,14-18H2,1-5H3. The summed E-state index contributed by atoms with van der Waals surface area (Å²) in [5.74, 6) is 1.16. The van der Waals surface area contributed by atoms with Gasteiger partial charge in [-0.05, 0) is 44.4 Å². The topological polar surface area (TPSA) is 128 Å². The predicted octanol–water partition coefficient (Wildman–Crippen LogP) is 5.12. The lowest BCUT2D eigenvalue weighted by molar-refractivity contribution is -0.384. The number of benzene rings is 2. The highest BCUT2D eigenvalue weighted by molar-refractivity contribution is 7.89. The second-order valence-electron chi connectivity index (χ2n) is 11.8. The molecule has 11 nitrogen and oxygen atoms in total. The Morgan fingerprint density at radius 1 is 1.05 bits per heavy atom. The lowest BCUT2D eigenvalue weighted by atomic mass is 10.0. The van der Waals surface area contributed by atoms with Crippen LogP contribution in [0.15, 0.2) is 53.4 Å². The van der Waals surface area contributed by atoms with Gasteiger partial charge >= 0.3 is 6.09 Å². The number of nitro groups is 1. The van der Waals surface area contributed by atoms with Crippen molar-refractivity contribution in [2.24, 2.45) is 0 Å². The first-order valence-corrected chi connectivity index (χ1v) is 15.1. The molecule has 41 heavy (non-hydrogen) atoms. The first-order chi connectivity index (χ1) is 19.3. The molecule has 1 unspecified atom stereocenters. The lowest BCUT2D eigenvalue weighted by Gasteiger charge is -2.38. The van der Waals surface area contributed by atoms with E-state index in [4.69, 9.17) is 9.72 Å². The summed E-state index contributed by atoms with van der Waals surface area (Å²) in [6.45, 7) is 10.6. The summed E-state index contributed by atoms with van der Waals surface area (Å²) in [6.07, 6.45) is -0.0717. The molecule has 1 amide bonds. The van der Waals surface area contributed by atoms with Crippen LogP contribution < -0.4 is 0 Å². The Morgan fingerprint density at radius 2 is 1.71 bits per heavy atom. The zero-order valence-electron chi connectivity index (χ0n) is 23.9. The highest BCUT2D eigenvalue weighted by Gasteiger charge is 2.43. The van der Waals surface area contributed by atoms with Crippen molar-refractivity contribution in [3.63, 3.8) is 0 Å². The van der Waals surface area contributed by atoms with Gasteiger partial charge in [0.25, 0.3) is 5.69 Å². The molecule has 0 saturated heterocycles. The van der Waals surface area contributed by atoms with Crippen LogP contribution in [-0.2, 0) is 27.7 Å². The zero-order valence-corrected chi connectivity index (χ0v) is 24.7. The number of hydrogen-bond donors (Lipinski definition) is 0. The van der Waals surface area contributed by atoms with Gasteiger partial charge in [-0.25, -0.2) is 18.2 Å². The van der Waals surface area contributed by atoms with Crippen LogP contribution in [0, 0.1) is 10.1 Å². The Kier molecular flexibility index (Phi) is 7.41. The predicted molar refractivity (Wildman–Crippen MR) is 153 cm³/mol. The number of sulfonamides is 1. The van der Waals surface area contributed by atoms with Gasteiger partial charge < -0.3 is 14.2 Å². The first kappa shape index (κ1) is 28.7. The maximum atomic E-state index is 14.0. The SMILES string of the molecule is CC(C)c1ccc(-c2nc3c4n2CCN(S(=O)(=O)c2ccc([N+](=O)[O-])cc2)C4CN(C(=O)OC(C)(C)C)CC3)cc1. The molecule has 0 fully saturated rings. The van der Waals surface area contributed by atoms with E-state index in [0.29, 0.717) is 25.4 Å². The van der Waals surface area contributed by atoms with Crippen LogP contribution >= 0.6 is 0 Å². The van der Waals surface area contributed by atoms with E-state index in [1.165, 1.54) is 34.1 Å². The fraction of sp³-hybridized carbons (Fsp3) is 0.448. The zero-order chi connectivity index (χ0) is 29.7. The Balaban J connectivity index is 1.58. The average molecular weight is 582 g/mol. The van der Waals surface area contributed by atoms with Crippen molar-refractivity contribution in [2.45, 2.75) is 70.0 Å². The van der Waals surface area contributed by atoms with Crippen LogP contribution in [0.5, 0.6) is 0 Å². The highest BCUT2D eigenvalue weighted by atomic mass is 32.2. The van der Waals surface area contributed by atoms with E-state index >= 15 is 0 Å². The Bertz CT molecular complexity index is 1570. The molecular weight excluding hydrogens is 546 g/mol. The molecular formula is C29H35N5O6S. The van der Waals surface area contributed by atoms with Gasteiger partial charge in [0.1, 0.15) is 11.4 Å². The van der Waals surface area contributed by atoms with E-state index < -0.39 is 32.7 Å². The molecule has 3 aromatic rings. The molecule has 0 bridgehead atoms. The third-order valence-corrected chi connectivity index (χ3v) is 9.37. The van der Waals surface area contributed by atoms with Crippen LogP contribution in [0.4, 0.5) is 10.5 Å². The molecule has 0 saturated carbocycles. The van der Waals surface area contributed by atoms with Gasteiger partial charge in [-0.1, -0.05) is 38.1 Å². The van der Waals surface area contributed by atoms with E-state index in [9.17, 15) is 23.3 Å². The number of ether oxygens (including phenoxy) is 1. The molecule has 1 atom stereocenters. The smallest absolute Gasteiger partial charge is 0.410 e. The summed E-state index contributed by atoms with van der Waals surface area (Å²) in [5.41, 5.74) is 2.75. The van der Waals surface area contributed by atoms with Crippen molar-refractivity contribution < 1.29 is 22.9 Å². The fourth-order valence-electron chi connectivity index (χ4n) is 5.40. The number of nitrogens with zero attached hydrogens (tertiary/aromatic N) is 5. The first-order valence-electron chi connectivity index (χ1n) is 13.7. The Morgan fingerprint density at radius 3 is 2.29 bits per heavy atom. The Hall–Kier alpha value is -3.77. The number of amides is 1. The van der Waals surface area contributed by atoms with Gasteiger partial charge in [0.2, 0.25) is 10.0 Å². The van der Waals surface area contributed by atoms with E-state index in [0.717, 1.165) is 22.8 Å². The largest absolute Gasteiger partial charge is 0.444 e. The second kappa shape index (κ2) is 10.6. The minimum atomic E-state index is -4.07. The number of aromatic nitrogens is 2. The summed E-state index contributed by atoms with van der Waals surface area (Å²) in [4.78, 5) is 30.2. The number of imidazole rings is 1. The van der Waals surface area contributed by atoms with Crippen molar-refractivity contribution in [1.29, 1.82) is 0 Å². The van der Waals surface area contributed by atoms with Gasteiger partial charge in [0.15, 0.2) is 0 Å². The van der Waals surface area contributed by atoms with Crippen molar-refractivity contribution in [2.75, 3.05) is 19.6 Å². The number of rotatable bonds is 5. The summed E-state index contributed by atoms with van der Waals surface area (Å²) in [6, 6.07) is 12.4. The van der Waals surface area contributed by atoms with Gasteiger partial charge in [-0.3, -0.25) is 10.1 Å². The maximum Gasteiger partial charge on any atom is 0.410 e. The van der Waals surface area contributed by atoms with Crippen LogP contribution in [0.3, 0.4) is 0 Å². The van der Waals surface area contributed by atoms with Gasteiger partial charge in [0.05, 0.1) is 27.2 Å². The van der Waals surface area contributed by atoms with E-state index in [1.54, 1.807) is 25.7 Å². The quantitative estimate of drug-likeness (QED) is 0.302. The fourth-order valence-corrected chi connectivity index (χ4v) is 6.97. The minimum absolute atomic E-state index is 0.0461. The van der Waals surface area contributed by atoms with Crippen molar-refractivity contribution in [1.82, 2.24) is 18.8 Å². The van der Waals surface area contributed by atoms with E-state index in [2.05, 4.69) is 30.5 Å². The number of carbonyl (C=O) groups is 1. The third-order valence-electron chi connectivity index (χ3n) is 7.44. The molecule has 2 aliphatic heterocycles. The molecule has 1 aromatic heterocycles. The average Bonchev–Trinajstić information content (AvgIpc) is 3.17. The second-order valence-corrected chi connectivity index (χ2v) is 13.6. The van der Waals surface area contributed by atoms with Crippen molar-refractivity contribution >= 4 is 21.8 Å². The normalized spacial score (nSPS) is 17.7. The van der Waals surface area contributed by atoms with Crippen LogP contribution in [-0.4, -0.2) is 63.4 Å². The molecule has 0 N–H and O–H groups in total. The van der Waals surface area contributed by atoms with Crippen LogP contribution in [0.1, 0.15) is 63.5 Å². The van der Waals surface area contributed by atoms with Gasteiger partial charge in [0, 0.05) is 50.3 Å². The molecule has 2 aromatic carbocycles. The van der Waals surface area contributed by atoms with Gasteiger partial charge in [-0.15, -0.1) is 0 Å². The van der Waals surface area contributed by atoms with E-state index in [1.807, 2.05) is 12.1 Å². The molecule has 0 aliphatic carbocycles. The Labute approximate surface area is 239 Å². The summed E-state index contributed by atoms with van der Waals surface area (Å²) in [5, 5.41) is 11.1. The minimum Gasteiger partial charge on any atom is -0.444 e. The lowest BCUT2D eigenvalue weighted by Crippen LogP contribution is -2.48. The maximum absolute atomic E-state index is 14.0. The summed E-state index contributed by atoms with van der Waals surface area (Å²) >= 11 is 0. The monoisotopic (exact) mass is 581 g/mol. The number of nitro benzene ring substituents is 1. The summed E-state index contributed by atoms with van der Waals surface area (Å²) in [7, 11) is -4.07. The van der Waals surface area contributed by atoms with Gasteiger partial charge in [-0.2, -0.15) is 4.31 Å². The van der Waals surface area contributed by atoms with E-state index in [-0.39, 0.29) is 23.7 Å². The third kappa shape index (κ3) is 5.58.